The third kappa shape index (κ3) is 4.08. The highest BCUT2D eigenvalue weighted by Gasteiger charge is 2.01. The predicted molar refractivity (Wildman–Crippen MR) is 56.5 cm³/mol. The lowest BCUT2D eigenvalue weighted by atomic mass is 10.2. The maximum absolute atomic E-state index is 11.3. The molecule has 1 rings (SSSR count). The van der Waals surface area contributed by atoms with Gasteiger partial charge in [-0.25, -0.2) is 0 Å². The third-order valence-electron chi connectivity index (χ3n) is 1.95. The summed E-state index contributed by atoms with van der Waals surface area (Å²) in [4.78, 5) is 11.3. The summed E-state index contributed by atoms with van der Waals surface area (Å²) in [5, 5.41) is 0. The molecule has 0 spiro atoms. The normalized spacial score (nSPS) is 9.79. The summed E-state index contributed by atoms with van der Waals surface area (Å²) in [5.41, 5.74) is 0. The standard InChI is InChI=1S/C12H16O2/c1-2-3-7-11(13)10-14-12-8-5-4-6-9-12/h4-6,8-9H,2-3,7,10H2,1H3. The lowest BCUT2D eigenvalue weighted by Gasteiger charge is -2.04. The summed E-state index contributed by atoms with van der Waals surface area (Å²) >= 11 is 0. The number of para-hydroxylation sites is 1. The highest BCUT2D eigenvalue weighted by atomic mass is 16.5. The zero-order valence-corrected chi connectivity index (χ0v) is 8.53. The second kappa shape index (κ2) is 6.19. The molecule has 2 heteroatoms. The van der Waals surface area contributed by atoms with Gasteiger partial charge in [-0.3, -0.25) is 4.79 Å². The van der Waals surface area contributed by atoms with Crippen molar-refractivity contribution in [1.29, 1.82) is 0 Å². The van der Waals surface area contributed by atoms with Gasteiger partial charge in [-0.05, 0) is 18.6 Å². The molecule has 0 radical (unpaired) electrons. The first-order valence-electron chi connectivity index (χ1n) is 5.02. The van der Waals surface area contributed by atoms with Gasteiger partial charge in [0.1, 0.15) is 12.4 Å². The summed E-state index contributed by atoms with van der Waals surface area (Å²) in [6.45, 7) is 2.27. The Balaban J connectivity index is 2.24. The van der Waals surface area contributed by atoms with Crippen molar-refractivity contribution in [3.05, 3.63) is 30.3 Å². The number of rotatable bonds is 6. The van der Waals surface area contributed by atoms with E-state index >= 15 is 0 Å². The molecule has 0 saturated carbocycles. The fraction of sp³-hybridized carbons (Fsp3) is 0.417. The van der Waals surface area contributed by atoms with Crippen molar-refractivity contribution >= 4 is 5.78 Å². The van der Waals surface area contributed by atoms with E-state index in [0.717, 1.165) is 18.6 Å². The fourth-order valence-corrected chi connectivity index (χ4v) is 1.13. The van der Waals surface area contributed by atoms with Gasteiger partial charge in [-0.15, -0.1) is 0 Å². The molecule has 0 aliphatic rings. The highest BCUT2D eigenvalue weighted by Crippen LogP contribution is 2.08. The molecular weight excluding hydrogens is 176 g/mol. The van der Waals surface area contributed by atoms with E-state index in [4.69, 9.17) is 4.74 Å². The summed E-state index contributed by atoms with van der Waals surface area (Å²) < 4.78 is 5.32. The van der Waals surface area contributed by atoms with Crippen molar-refractivity contribution in [1.82, 2.24) is 0 Å². The van der Waals surface area contributed by atoms with E-state index in [1.165, 1.54) is 0 Å². The summed E-state index contributed by atoms with van der Waals surface area (Å²) in [5.74, 6) is 0.938. The van der Waals surface area contributed by atoms with Crippen LogP contribution in [0, 0.1) is 0 Å². The van der Waals surface area contributed by atoms with Gasteiger partial charge in [0, 0.05) is 6.42 Å². The Labute approximate surface area is 84.9 Å². The maximum Gasteiger partial charge on any atom is 0.170 e. The molecule has 0 amide bonds. The number of carbonyl (C=O) groups excluding carboxylic acids is 1. The van der Waals surface area contributed by atoms with Crippen molar-refractivity contribution < 1.29 is 9.53 Å². The summed E-state index contributed by atoms with van der Waals surface area (Å²) in [6.07, 6.45) is 2.64. The van der Waals surface area contributed by atoms with Crippen LogP contribution in [0.15, 0.2) is 30.3 Å². The topological polar surface area (TPSA) is 26.3 Å². The van der Waals surface area contributed by atoms with Crippen LogP contribution in [-0.2, 0) is 4.79 Å². The van der Waals surface area contributed by atoms with E-state index in [2.05, 4.69) is 6.92 Å². The van der Waals surface area contributed by atoms with Gasteiger partial charge in [0.25, 0.3) is 0 Å². The molecule has 0 N–H and O–H groups in total. The average Bonchev–Trinajstić information content (AvgIpc) is 2.25. The van der Waals surface area contributed by atoms with Gasteiger partial charge in [0.05, 0.1) is 0 Å². The molecule has 0 heterocycles. The minimum atomic E-state index is 0.177. The van der Waals surface area contributed by atoms with Crippen LogP contribution < -0.4 is 4.74 Å². The first kappa shape index (κ1) is 10.8. The molecule has 0 saturated heterocycles. The number of ketones is 1. The number of ether oxygens (including phenoxy) is 1. The SMILES string of the molecule is CCCCC(=O)COc1ccccc1. The zero-order chi connectivity index (χ0) is 10.2. The minimum Gasteiger partial charge on any atom is -0.486 e. The Morgan fingerprint density at radius 2 is 2.00 bits per heavy atom. The lowest BCUT2D eigenvalue weighted by molar-refractivity contribution is -0.121. The molecule has 1 aromatic rings. The molecule has 76 valence electrons. The van der Waals surface area contributed by atoms with Crippen LogP contribution in [0.5, 0.6) is 5.75 Å². The van der Waals surface area contributed by atoms with Gasteiger partial charge in [0.15, 0.2) is 5.78 Å². The van der Waals surface area contributed by atoms with Gasteiger partial charge in [-0.1, -0.05) is 31.5 Å². The second-order valence-corrected chi connectivity index (χ2v) is 3.24. The van der Waals surface area contributed by atoms with Crippen molar-refractivity contribution in [2.75, 3.05) is 6.61 Å². The van der Waals surface area contributed by atoms with Gasteiger partial charge in [-0.2, -0.15) is 0 Å². The van der Waals surface area contributed by atoms with E-state index in [-0.39, 0.29) is 12.4 Å². The number of Topliss-reactive ketones (excluding diaryl/α,β-unsaturated/α-hetero) is 1. The zero-order valence-electron chi connectivity index (χ0n) is 8.53. The van der Waals surface area contributed by atoms with Crippen molar-refractivity contribution in [2.45, 2.75) is 26.2 Å². The van der Waals surface area contributed by atoms with Crippen molar-refractivity contribution in [2.24, 2.45) is 0 Å². The third-order valence-corrected chi connectivity index (χ3v) is 1.95. The summed E-state index contributed by atoms with van der Waals surface area (Å²) in [6, 6.07) is 9.42. The van der Waals surface area contributed by atoms with E-state index in [1.807, 2.05) is 30.3 Å². The molecule has 0 fully saturated rings. The number of benzene rings is 1. The van der Waals surface area contributed by atoms with E-state index < -0.39 is 0 Å². The number of hydrogen-bond donors (Lipinski definition) is 0. The molecule has 0 atom stereocenters. The number of carbonyl (C=O) groups is 1. The molecule has 1 aromatic carbocycles. The Morgan fingerprint density at radius 3 is 2.64 bits per heavy atom. The Kier molecular flexibility index (Phi) is 4.76. The van der Waals surface area contributed by atoms with Crippen LogP contribution in [0.3, 0.4) is 0 Å². The molecule has 0 aliphatic heterocycles. The van der Waals surface area contributed by atoms with Crippen LogP contribution in [0.25, 0.3) is 0 Å². The van der Waals surface area contributed by atoms with Crippen LogP contribution in [0.1, 0.15) is 26.2 Å². The highest BCUT2D eigenvalue weighted by molar-refractivity contribution is 5.79. The van der Waals surface area contributed by atoms with Crippen LogP contribution in [-0.4, -0.2) is 12.4 Å². The smallest absolute Gasteiger partial charge is 0.170 e. The fourth-order valence-electron chi connectivity index (χ4n) is 1.13. The predicted octanol–water partition coefficient (Wildman–Crippen LogP) is 2.82. The Hall–Kier alpha value is -1.31. The molecule has 0 aromatic heterocycles. The van der Waals surface area contributed by atoms with Crippen molar-refractivity contribution in [3.63, 3.8) is 0 Å². The summed E-state index contributed by atoms with van der Waals surface area (Å²) in [7, 11) is 0. The minimum absolute atomic E-state index is 0.177. The molecule has 2 nitrogen and oxygen atoms in total. The van der Waals surface area contributed by atoms with E-state index in [0.29, 0.717) is 6.42 Å². The number of unbranched alkanes of at least 4 members (excludes halogenated alkanes) is 1. The van der Waals surface area contributed by atoms with Crippen LogP contribution in [0.2, 0.25) is 0 Å². The molecule has 14 heavy (non-hydrogen) atoms. The lowest BCUT2D eigenvalue weighted by Crippen LogP contribution is -2.10. The van der Waals surface area contributed by atoms with Crippen molar-refractivity contribution in [3.8, 4) is 5.75 Å². The second-order valence-electron chi connectivity index (χ2n) is 3.24. The number of hydrogen-bond acceptors (Lipinski definition) is 2. The first-order chi connectivity index (χ1) is 6.83. The van der Waals surface area contributed by atoms with Gasteiger partial charge >= 0.3 is 0 Å². The quantitative estimate of drug-likeness (QED) is 0.692. The molecule has 0 bridgehead atoms. The monoisotopic (exact) mass is 192 g/mol. The van der Waals surface area contributed by atoms with E-state index in [1.54, 1.807) is 0 Å². The largest absolute Gasteiger partial charge is 0.486 e. The molecule has 0 unspecified atom stereocenters. The average molecular weight is 192 g/mol. The molecule has 0 aliphatic carbocycles. The first-order valence-corrected chi connectivity index (χ1v) is 5.02. The van der Waals surface area contributed by atoms with Crippen LogP contribution in [0.4, 0.5) is 0 Å². The molecular formula is C12H16O2. The Bertz CT molecular complexity index is 267. The Morgan fingerprint density at radius 1 is 1.29 bits per heavy atom. The van der Waals surface area contributed by atoms with Crippen LogP contribution >= 0.6 is 0 Å². The van der Waals surface area contributed by atoms with E-state index in [9.17, 15) is 4.79 Å². The van der Waals surface area contributed by atoms with Gasteiger partial charge < -0.3 is 4.74 Å². The van der Waals surface area contributed by atoms with Gasteiger partial charge in [0.2, 0.25) is 0 Å². The maximum atomic E-state index is 11.3.